The number of imidazole rings is 1. The van der Waals surface area contributed by atoms with Gasteiger partial charge >= 0.3 is 5.97 Å². The van der Waals surface area contributed by atoms with Gasteiger partial charge < -0.3 is 33.7 Å². The summed E-state index contributed by atoms with van der Waals surface area (Å²) in [6.07, 6.45) is 2.95. The van der Waals surface area contributed by atoms with Crippen LogP contribution in [0, 0.1) is 23.0 Å². The maximum atomic E-state index is 16.7. The number of aliphatic imine (C=N–C) groups is 1. The molecule has 0 saturated carbocycles. The van der Waals surface area contributed by atoms with E-state index in [1.54, 1.807) is 31.3 Å². The third-order valence-electron chi connectivity index (χ3n) is 8.21. The van der Waals surface area contributed by atoms with Crippen LogP contribution < -0.4 is 19.1 Å². The zero-order valence-corrected chi connectivity index (χ0v) is 28.7. The van der Waals surface area contributed by atoms with E-state index in [1.165, 1.54) is 31.6 Å². The summed E-state index contributed by atoms with van der Waals surface area (Å²) >= 11 is 0. The predicted molar refractivity (Wildman–Crippen MR) is 188 cm³/mol. The molecule has 12 nitrogen and oxygen atoms in total. The van der Waals surface area contributed by atoms with Crippen molar-refractivity contribution in [2.24, 2.45) is 4.99 Å². The summed E-state index contributed by atoms with van der Waals surface area (Å²) in [5.74, 6) is -3.47. The monoisotopic (exact) mass is 707 g/mol. The van der Waals surface area contributed by atoms with Gasteiger partial charge in [-0.3, -0.25) is 4.99 Å². The summed E-state index contributed by atoms with van der Waals surface area (Å²) in [5, 5.41) is 9.65. The van der Waals surface area contributed by atoms with Crippen LogP contribution in [0.3, 0.4) is 0 Å². The number of nitriles is 1. The number of H-pyrrole nitrogens is 1. The largest absolute Gasteiger partial charge is 0.485 e. The van der Waals surface area contributed by atoms with Crippen LogP contribution in [0.4, 0.5) is 14.5 Å². The van der Waals surface area contributed by atoms with Crippen LogP contribution in [0.1, 0.15) is 29.3 Å². The van der Waals surface area contributed by atoms with Crippen molar-refractivity contribution in [1.29, 1.82) is 5.26 Å². The van der Waals surface area contributed by atoms with Crippen LogP contribution in [0.25, 0.3) is 0 Å². The molecule has 0 fully saturated rings. The van der Waals surface area contributed by atoms with E-state index >= 15 is 8.78 Å². The van der Waals surface area contributed by atoms with Crippen LogP contribution in [0.2, 0.25) is 0 Å². The zero-order valence-electron chi connectivity index (χ0n) is 28.7. The lowest BCUT2D eigenvalue weighted by Crippen LogP contribution is -2.42. The number of ether oxygens (including phenoxy) is 4. The van der Waals surface area contributed by atoms with Gasteiger partial charge in [0.1, 0.15) is 29.9 Å². The number of anilines is 1. The first-order valence-electron chi connectivity index (χ1n) is 16.4. The Kier molecular flexibility index (Phi) is 10.9. The molecule has 1 atom stereocenters. The maximum Gasteiger partial charge on any atom is 0.329 e. The van der Waals surface area contributed by atoms with E-state index in [0.29, 0.717) is 12.2 Å². The Labute approximate surface area is 298 Å². The van der Waals surface area contributed by atoms with Crippen molar-refractivity contribution >= 4 is 17.5 Å². The second kappa shape index (κ2) is 16.0. The van der Waals surface area contributed by atoms with Crippen LogP contribution in [0.5, 0.6) is 29.0 Å². The number of halogens is 2. The minimum Gasteiger partial charge on any atom is -0.485 e. The Hall–Kier alpha value is -6.49. The standard InChI is InChI=1S/C38H35F2N7O5/c1-4-49-38(48)29(19-27-21-42-23-44-27)47(3)34-32(39)36(51-28-12-8-11-26(18-28)35-43-15-16-46(35)2)45-37(33(34)40)52-31-17-25(20-41)13-14-30(31)50-22-24-9-6-5-7-10-24/h5-14,17-18,21,23,29H,4,15-16,19,22H2,1-3H3,(H,42,44). The third kappa shape index (κ3) is 7.94. The maximum absolute atomic E-state index is 16.7. The van der Waals surface area contributed by atoms with Crippen molar-refractivity contribution in [3.63, 3.8) is 0 Å². The average Bonchev–Trinajstić information content (AvgIpc) is 3.84. The summed E-state index contributed by atoms with van der Waals surface area (Å²) in [6, 6.07) is 21.3. The van der Waals surface area contributed by atoms with Gasteiger partial charge in [0.05, 0.1) is 36.8 Å². The van der Waals surface area contributed by atoms with Gasteiger partial charge in [-0.05, 0) is 36.8 Å². The third-order valence-corrected chi connectivity index (χ3v) is 8.21. The average molecular weight is 708 g/mol. The topological polar surface area (TPSA) is 138 Å². The Bertz CT molecular complexity index is 2110. The summed E-state index contributed by atoms with van der Waals surface area (Å²) < 4.78 is 56.7. The summed E-state index contributed by atoms with van der Waals surface area (Å²) in [5.41, 5.74) is 1.55. The van der Waals surface area contributed by atoms with Crippen LogP contribution in [0.15, 0.2) is 90.3 Å². The molecule has 266 valence electrons. The number of hydrogen-bond donors (Lipinski definition) is 1. The highest BCUT2D eigenvalue weighted by Gasteiger charge is 2.34. The molecule has 6 rings (SSSR count). The molecule has 0 amide bonds. The van der Waals surface area contributed by atoms with Gasteiger partial charge in [-0.25, -0.2) is 9.78 Å². The van der Waals surface area contributed by atoms with Gasteiger partial charge in [0.25, 0.3) is 11.8 Å². The molecule has 2 aromatic heterocycles. The fraction of sp³-hybridized carbons (Fsp3) is 0.237. The van der Waals surface area contributed by atoms with E-state index in [4.69, 9.17) is 18.9 Å². The highest BCUT2D eigenvalue weighted by Crippen LogP contribution is 2.41. The molecular weight excluding hydrogens is 672 g/mol. The number of aromatic nitrogens is 3. The first kappa shape index (κ1) is 35.3. The molecule has 1 aliphatic rings. The van der Waals surface area contributed by atoms with E-state index in [-0.39, 0.29) is 42.4 Å². The number of rotatable bonds is 14. The number of benzene rings is 3. The molecule has 0 radical (unpaired) electrons. The minimum atomic E-state index is -1.24. The van der Waals surface area contributed by atoms with Gasteiger partial charge in [-0.15, -0.1) is 0 Å². The first-order chi connectivity index (χ1) is 25.2. The van der Waals surface area contributed by atoms with Gasteiger partial charge in [0.2, 0.25) is 11.6 Å². The molecule has 1 aliphatic heterocycles. The number of carbonyl (C=O) groups excluding carboxylic acids is 1. The highest BCUT2D eigenvalue weighted by molar-refractivity contribution is 5.99. The van der Waals surface area contributed by atoms with Crippen LogP contribution in [-0.2, 0) is 22.6 Å². The molecule has 0 saturated heterocycles. The van der Waals surface area contributed by atoms with Crippen molar-refractivity contribution in [3.05, 3.63) is 119 Å². The normalized spacial score (nSPS) is 12.8. The molecule has 3 heterocycles. The fourth-order valence-corrected chi connectivity index (χ4v) is 5.58. The predicted octanol–water partition coefficient (Wildman–Crippen LogP) is 6.42. The number of carbonyl (C=O) groups is 1. The summed E-state index contributed by atoms with van der Waals surface area (Å²) in [7, 11) is 3.26. The molecule has 14 heteroatoms. The lowest BCUT2D eigenvalue weighted by atomic mass is 10.1. The number of pyridine rings is 1. The van der Waals surface area contributed by atoms with Crippen molar-refractivity contribution in [2.45, 2.75) is 26.0 Å². The lowest BCUT2D eigenvalue weighted by Gasteiger charge is -2.29. The quantitative estimate of drug-likeness (QED) is 0.129. The van der Waals surface area contributed by atoms with Crippen molar-refractivity contribution in [2.75, 3.05) is 38.7 Å². The Morgan fingerprint density at radius 1 is 1.04 bits per heavy atom. The van der Waals surface area contributed by atoms with E-state index in [1.807, 2.05) is 54.4 Å². The fourth-order valence-electron chi connectivity index (χ4n) is 5.58. The number of nitrogens with one attached hydrogen (secondary N) is 1. The zero-order chi connectivity index (χ0) is 36.6. The first-order valence-corrected chi connectivity index (χ1v) is 16.4. The van der Waals surface area contributed by atoms with Crippen molar-refractivity contribution in [1.82, 2.24) is 19.9 Å². The van der Waals surface area contributed by atoms with Crippen molar-refractivity contribution in [3.8, 4) is 35.1 Å². The molecule has 5 aromatic rings. The second-order valence-corrected chi connectivity index (χ2v) is 11.7. The Morgan fingerprint density at radius 2 is 1.83 bits per heavy atom. The van der Waals surface area contributed by atoms with E-state index in [2.05, 4.69) is 19.9 Å². The number of nitrogens with zero attached hydrogens (tertiary/aromatic N) is 6. The number of hydrogen-bond acceptors (Lipinski definition) is 11. The van der Waals surface area contributed by atoms with Crippen LogP contribution >= 0.6 is 0 Å². The van der Waals surface area contributed by atoms with E-state index in [9.17, 15) is 10.1 Å². The van der Waals surface area contributed by atoms with Crippen LogP contribution in [-0.4, -0.2) is 71.5 Å². The number of amidine groups is 1. The van der Waals surface area contributed by atoms with Gasteiger partial charge in [-0.1, -0.05) is 42.5 Å². The minimum absolute atomic E-state index is 0.0333. The Balaban J connectivity index is 1.43. The van der Waals surface area contributed by atoms with Gasteiger partial charge in [0.15, 0.2) is 11.5 Å². The molecule has 1 N–H and O–H groups in total. The van der Waals surface area contributed by atoms with E-state index < -0.39 is 41.1 Å². The molecular formula is C38H35F2N7O5. The summed E-state index contributed by atoms with van der Waals surface area (Å²) in [6.45, 7) is 3.17. The van der Waals surface area contributed by atoms with Gasteiger partial charge in [-0.2, -0.15) is 19.0 Å². The summed E-state index contributed by atoms with van der Waals surface area (Å²) in [4.78, 5) is 32.0. The Morgan fingerprint density at radius 3 is 2.52 bits per heavy atom. The van der Waals surface area contributed by atoms with Gasteiger partial charge in [0, 0.05) is 44.9 Å². The molecule has 0 aliphatic carbocycles. The number of likely N-dealkylation sites (N-methyl/N-ethyl adjacent to an activating group) is 2. The molecule has 3 aromatic carbocycles. The highest BCUT2D eigenvalue weighted by atomic mass is 19.1. The lowest BCUT2D eigenvalue weighted by molar-refractivity contribution is -0.144. The molecule has 0 bridgehead atoms. The molecule has 1 unspecified atom stereocenters. The molecule has 52 heavy (non-hydrogen) atoms. The smallest absolute Gasteiger partial charge is 0.329 e. The molecule has 0 spiro atoms. The number of esters is 1. The SMILES string of the molecule is CCOC(=O)C(Cc1c[nH]cn1)N(C)c1c(F)c(Oc2cccc(C3=NCCN3C)c2)nc(Oc2cc(C#N)ccc2OCc2ccccc2)c1F. The second-order valence-electron chi connectivity index (χ2n) is 11.7. The van der Waals surface area contributed by atoms with Crippen molar-refractivity contribution < 1.29 is 32.5 Å². The van der Waals surface area contributed by atoms with E-state index in [0.717, 1.165) is 28.4 Å². The number of aromatic amines is 1.